The maximum atomic E-state index is 14.0. The number of aromatic nitrogens is 6. The summed E-state index contributed by atoms with van der Waals surface area (Å²) in [6, 6.07) is 26.5. The molecule has 0 aliphatic rings. The number of H-pyrrole nitrogens is 1. The van der Waals surface area contributed by atoms with Crippen LogP contribution in [0.3, 0.4) is 0 Å². The highest BCUT2D eigenvalue weighted by molar-refractivity contribution is 5.80. The number of aromatic amines is 1. The van der Waals surface area contributed by atoms with Crippen LogP contribution in [0.2, 0.25) is 0 Å². The fourth-order valence-electron chi connectivity index (χ4n) is 5.29. The van der Waals surface area contributed by atoms with Gasteiger partial charge in [0.1, 0.15) is 0 Å². The van der Waals surface area contributed by atoms with Crippen LogP contribution < -0.4 is 5.69 Å². The topological polar surface area (TPSA) is 99.9 Å². The smallest absolute Gasteiger partial charge is 0.329 e. The van der Waals surface area contributed by atoms with Gasteiger partial charge >= 0.3 is 5.69 Å². The Bertz CT molecular complexity index is 1590. The SMILES string of the molecule is CCCCc1c(C(OC)OC)n(CCc2ccccc2)c(=O)n1Cc1ccc(-c2ccccc2-c2nn[nH]n2)cc1. The molecule has 212 valence electrons. The molecule has 0 unspecified atom stereocenters. The van der Waals surface area contributed by atoms with E-state index >= 15 is 0 Å². The molecule has 0 amide bonds. The van der Waals surface area contributed by atoms with E-state index in [0.717, 1.165) is 59.3 Å². The number of imidazole rings is 1. The third-order valence-electron chi connectivity index (χ3n) is 7.38. The van der Waals surface area contributed by atoms with Gasteiger partial charge in [-0.3, -0.25) is 9.13 Å². The van der Waals surface area contributed by atoms with Crippen molar-refractivity contribution in [3.63, 3.8) is 0 Å². The van der Waals surface area contributed by atoms with E-state index in [4.69, 9.17) is 9.47 Å². The van der Waals surface area contributed by atoms with Crippen molar-refractivity contribution in [1.29, 1.82) is 0 Å². The zero-order chi connectivity index (χ0) is 28.6. The number of benzene rings is 3. The number of hydrogen-bond donors (Lipinski definition) is 1. The number of tetrazole rings is 1. The number of aryl methyl sites for hydroxylation is 1. The van der Waals surface area contributed by atoms with Crippen LogP contribution in [0.1, 0.15) is 48.6 Å². The maximum absolute atomic E-state index is 14.0. The Labute approximate surface area is 239 Å². The van der Waals surface area contributed by atoms with Gasteiger partial charge in [-0.05, 0) is 46.7 Å². The van der Waals surface area contributed by atoms with E-state index < -0.39 is 6.29 Å². The second-order valence-electron chi connectivity index (χ2n) is 9.97. The summed E-state index contributed by atoms with van der Waals surface area (Å²) >= 11 is 0. The average Bonchev–Trinajstić information content (AvgIpc) is 3.64. The standard InChI is InChI=1S/C32H36N6O3/c1-4-5-15-28-29(31(40-2)41-3)37(21-20-23-11-7-6-8-12-23)32(39)38(28)22-24-16-18-25(19-17-24)26-13-9-10-14-27(26)30-33-35-36-34-30/h6-14,16-19,31H,4-5,15,20-22H2,1-3H3,(H,33,34,35,36). The van der Waals surface area contributed by atoms with Crippen LogP contribution in [0.5, 0.6) is 0 Å². The van der Waals surface area contributed by atoms with E-state index in [1.165, 1.54) is 5.56 Å². The van der Waals surface area contributed by atoms with Crippen molar-refractivity contribution in [3.05, 3.63) is 112 Å². The number of nitrogens with zero attached hydrogens (tertiary/aromatic N) is 5. The number of methoxy groups -OCH3 is 2. The summed E-state index contributed by atoms with van der Waals surface area (Å²) in [5.74, 6) is 0.548. The summed E-state index contributed by atoms with van der Waals surface area (Å²) in [5, 5.41) is 14.5. The van der Waals surface area contributed by atoms with Crippen molar-refractivity contribution in [2.45, 2.75) is 52.0 Å². The molecule has 0 aliphatic carbocycles. The van der Waals surface area contributed by atoms with Gasteiger partial charge < -0.3 is 9.47 Å². The number of ether oxygens (including phenoxy) is 2. The molecular weight excluding hydrogens is 516 g/mol. The Morgan fingerprint density at radius 3 is 2.20 bits per heavy atom. The molecule has 9 heteroatoms. The Morgan fingerprint density at radius 1 is 0.829 bits per heavy atom. The predicted molar refractivity (Wildman–Crippen MR) is 158 cm³/mol. The van der Waals surface area contributed by atoms with Crippen LogP contribution in [0, 0.1) is 0 Å². The van der Waals surface area contributed by atoms with Crippen molar-refractivity contribution in [2.75, 3.05) is 14.2 Å². The van der Waals surface area contributed by atoms with Gasteiger partial charge in [-0.1, -0.05) is 92.2 Å². The largest absolute Gasteiger partial charge is 0.350 e. The molecule has 2 aromatic heterocycles. The number of hydrogen-bond acceptors (Lipinski definition) is 6. The number of nitrogens with one attached hydrogen (secondary N) is 1. The van der Waals surface area contributed by atoms with Crippen LogP contribution in [0.25, 0.3) is 22.5 Å². The summed E-state index contributed by atoms with van der Waals surface area (Å²) in [5.41, 5.74) is 6.87. The minimum absolute atomic E-state index is 0.0485. The molecule has 1 N–H and O–H groups in total. The molecule has 3 aromatic carbocycles. The molecule has 0 spiro atoms. The molecule has 0 fully saturated rings. The minimum Gasteiger partial charge on any atom is -0.350 e. The van der Waals surface area contributed by atoms with E-state index in [9.17, 15) is 4.79 Å². The van der Waals surface area contributed by atoms with Gasteiger partial charge in [0.15, 0.2) is 6.29 Å². The Kier molecular flexibility index (Phi) is 9.18. The lowest BCUT2D eigenvalue weighted by Crippen LogP contribution is -2.27. The zero-order valence-electron chi connectivity index (χ0n) is 23.8. The third kappa shape index (κ3) is 6.21. The normalized spacial score (nSPS) is 11.4. The van der Waals surface area contributed by atoms with E-state index in [-0.39, 0.29) is 5.69 Å². The second kappa shape index (κ2) is 13.3. The molecule has 5 aromatic rings. The van der Waals surface area contributed by atoms with Crippen molar-refractivity contribution < 1.29 is 9.47 Å². The summed E-state index contributed by atoms with van der Waals surface area (Å²) in [6.07, 6.45) is 2.84. The van der Waals surface area contributed by atoms with Crippen LogP contribution in [-0.2, 0) is 35.4 Å². The summed E-state index contributed by atoms with van der Waals surface area (Å²) in [4.78, 5) is 14.0. The lowest BCUT2D eigenvalue weighted by molar-refractivity contribution is -0.111. The minimum atomic E-state index is -0.629. The molecule has 0 radical (unpaired) electrons. The van der Waals surface area contributed by atoms with E-state index in [2.05, 4.69) is 63.9 Å². The van der Waals surface area contributed by atoms with E-state index in [1.807, 2.05) is 51.6 Å². The van der Waals surface area contributed by atoms with Crippen molar-refractivity contribution in [3.8, 4) is 22.5 Å². The Hall–Kier alpha value is -4.34. The van der Waals surface area contributed by atoms with Crippen molar-refractivity contribution in [2.24, 2.45) is 0 Å². The fourth-order valence-corrected chi connectivity index (χ4v) is 5.29. The van der Waals surface area contributed by atoms with Gasteiger partial charge in [0.25, 0.3) is 0 Å². The highest BCUT2D eigenvalue weighted by Gasteiger charge is 2.26. The quantitative estimate of drug-likeness (QED) is 0.196. The molecule has 2 heterocycles. The Balaban J connectivity index is 1.50. The van der Waals surface area contributed by atoms with Crippen LogP contribution >= 0.6 is 0 Å². The zero-order valence-corrected chi connectivity index (χ0v) is 23.8. The second-order valence-corrected chi connectivity index (χ2v) is 9.97. The van der Waals surface area contributed by atoms with Crippen LogP contribution in [0.15, 0.2) is 83.7 Å². The summed E-state index contributed by atoms with van der Waals surface area (Å²) < 4.78 is 15.2. The van der Waals surface area contributed by atoms with E-state index in [0.29, 0.717) is 18.9 Å². The van der Waals surface area contributed by atoms with Crippen LogP contribution in [0.4, 0.5) is 0 Å². The van der Waals surface area contributed by atoms with E-state index in [1.54, 1.807) is 14.2 Å². The third-order valence-corrected chi connectivity index (χ3v) is 7.38. The highest BCUT2D eigenvalue weighted by Crippen LogP contribution is 2.30. The first-order valence-electron chi connectivity index (χ1n) is 14.0. The molecule has 0 saturated heterocycles. The fraction of sp³-hybridized carbons (Fsp3) is 0.312. The highest BCUT2D eigenvalue weighted by atomic mass is 16.7. The van der Waals surface area contributed by atoms with Gasteiger partial charge in [-0.15, -0.1) is 10.2 Å². The molecule has 5 rings (SSSR count). The maximum Gasteiger partial charge on any atom is 0.329 e. The lowest BCUT2D eigenvalue weighted by Gasteiger charge is -2.18. The number of unbranched alkanes of at least 4 members (excludes halogenated alkanes) is 1. The average molecular weight is 553 g/mol. The van der Waals surface area contributed by atoms with Gasteiger partial charge in [0.05, 0.1) is 12.2 Å². The molecule has 0 saturated carbocycles. The molecule has 41 heavy (non-hydrogen) atoms. The predicted octanol–water partition coefficient (Wildman–Crippen LogP) is 5.42. The van der Waals surface area contributed by atoms with Gasteiger partial charge in [-0.2, -0.15) is 5.21 Å². The molecule has 0 bridgehead atoms. The van der Waals surface area contributed by atoms with Gasteiger partial charge in [0.2, 0.25) is 5.82 Å². The number of rotatable bonds is 13. The van der Waals surface area contributed by atoms with Crippen molar-refractivity contribution >= 4 is 0 Å². The monoisotopic (exact) mass is 552 g/mol. The van der Waals surface area contributed by atoms with Gasteiger partial charge in [-0.25, -0.2) is 4.79 Å². The molecule has 9 nitrogen and oxygen atoms in total. The first kappa shape index (κ1) is 28.2. The van der Waals surface area contributed by atoms with Crippen molar-refractivity contribution in [1.82, 2.24) is 29.8 Å². The molecular formula is C32H36N6O3. The lowest BCUT2D eigenvalue weighted by atomic mass is 9.98. The first-order valence-corrected chi connectivity index (χ1v) is 14.0. The Morgan fingerprint density at radius 2 is 1.54 bits per heavy atom. The van der Waals surface area contributed by atoms with Gasteiger partial charge in [0, 0.05) is 32.0 Å². The molecule has 0 atom stereocenters. The first-order chi connectivity index (χ1) is 20.1. The summed E-state index contributed by atoms with van der Waals surface area (Å²) in [7, 11) is 3.23. The molecule has 0 aliphatic heterocycles. The summed E-state index contributed by atoms with van der Waals surface area (Å²) in [6.45, 7) is 3.15. The van der Waals surface area contributed by atoms with Crippen LogP contribution in [-0.4, -0.2) is 44.0 Å².